The fourth-order valence-electron chi connectivity index (χ4n) is 2.02. The van der Waals surface area contributed by atoms with Gasteiger partial charge in [-0.25, -0.2) is 9.52 Å². The molecule has 1 unspecified atom stereocenters. The molecule has 1 aliphatic rings. The van der Waals surface area contributed by atoms with Crippen LogP contribution >= 0.6 is 0 Å². The Morgan fingerprint density at radius 3 is 2.68 bits per heavy atom. The van der Waals surface area contributed by atoms with E-state index in [1.165, 1.54) is 0 Å². The van der Waals surface area contributed by atoms with Gasteiger partial charge in [0.1, 0.15) is 0 Å². The van der Waals surface area contributed by atoms with Gasteiger partial charge in [0, 0.05) is 12.6 Å². The normalized spacial score (nSPS) is 20.8. The van der Waals surface area contributed by atoms with Crippen molar-refractivity contribution in [3.8, 4) is 0 Å². The monoisotopic (exact) mass is 294 g/mol. The number of ether oxygens (including phenoxy) is 1. The van der Waals surface area contributed by atoms with Crippen molar-refractivity contribution in [2.45, 2.75) is 38.6 Å². The van der Waals surface area contributed by atoms with Crippen molar-refractivity contribution in [3.63, 3.8) is 0 Å². The highest BCUT2D eigenvalue weighted by Crippen LogP contribution is 2.22. The highest BCUT2D eigenvalue weighted by Gasteiger charge is 2.34. The first-order valence-corrected chi connectivity index (χ1v) is 7.49. The highest BCUT2D eigenvalue weighted by atomic mass is 32.2. The van der Waals surface area contributed by atoms with E-state index in [2.05, 4.69) is 4.74 Å². The molecule has 8 nitrogen and oxygen atoms in total. The van der Waals surface area contributed by atoms with Crippen LogP contribution in [0.1, 0.15) is 32.6 Å². The van der Waals surface area contributed by atoms with Gasteiger partial charge < -0.3 is 9.84 Å². The lowest BCUT2D eigenvalue weighted by molar-refractivity contribution is -0.138. The van der Waals surface area contributed by atoms with Gasteiger partial charge in [-0.15, -0.1) is 0 Å². The Morgan fingerprint density at radius 1 is 1.42 bits per heavy atom. The van der Waals surface area contributed by atoms with Crippen LogP contribution in [0.25, 0.3) is 0 Å². The molecule has 1 rings (SSSR count). The maximum Gasteiger partial charge on any atom is 0.421 e. The van der Waals surface area contributed by atoms with Crippen molar-refractivity contribution in [1.29, 1.82) is 0 Å². The van der Waals surface area contributed by atoms with E-state index in [1.54, 1.807) is 11.6 Å². The Hall–Kier alpha value is -1.35. The molecular formula is C10H18N2O6S. The molecule has 0 aliphatic carbocycles. The number of hydrogen-bond donors (Lipinski definition) is 2. The van der Waals surface area contributed by atoms with Crippen LogP contribution in [0.15, 0.2) is 0 Å². The third kappa shape index (κ3) is 4.67. The van der Waals surface area contributed by atoms with Gasteiger partial charge in [0.25, 0.3) is 0 Å². The molecule has 0 aromatic heterocycles. The van der Waals surface area contributed by atoms with Crippen LogP contribution in [-0.4, -0.2) is 49.1 Å². The van der Waals surface area contributed by atoms with Gasteiger partial charge >= 0.3 is 22.3 Å². The fourth-order valence-corrected chi connectivity index (χ4v) is 3.35. The van der Waals surface area contributed by atoms with Gasteiger partial charge in [-0.2, -0.15) is 12.7 Å². The molecule has 0 spiro atoms. The van der Waals surface area contributed by atoms with Gasteiger partial charge in [-0.1, -0.05) is 6.42 Å². The van der Waals surface area contributed by atoms with Crippen molar-refractivity contribution in [3.05, 3.63) is 0 Å². The second-order valence-corrected chi connectivity index (χ2v) is 5.81. The highest BCUT2D eigenvalue weighted by molar-refractivity contribution is 7.87. The number of carbonyl (C=O) groups is 2. The summed E-state index contributed by atoms with van der Waals surface area (Å²) in [5.74, 6) is -1.07. The van der Waals surface area contributed by atoms with E-state index in [0.29, 0.717) is 12.8 Å². The zero-order valence-electron chi connectivity index (χ0n) is 10.7. The molecular weight excluding hydrogens is 276 g/mol. The lowest BCUT2D eigenvalue weighted by atomic mass is 10.0. The number of hydrogen-bond acceptors (Lipinski definition) is 5. The molecule has 0 bridgehead atoms. The summed E-state index contributed by atoms with van der Waals surface area (Å²) in [6.07, 6.45) is 0.547. The zero-order chi connectivity index (χ0) is 14.5. The summed E-state index contributed by atoms with van der Waals surface area (Å²) in [5.41, 5.74) is 0. The maximum absolute atomic E-state index is 12.0. The number of carboxylic acids is 1. The predicted molar refractivity (Wildman–Crippen MR) is 65.7 cm³/mol. The average molecular weight is 294 g/mol. The van der Waals surface area contributed by atoms with Crippen LogP contribution in [0.5, 0.6) is 0 Å². The molecule has 1 amide bonds. The quantitative estimate of drug-likeness (QED) is 0.754. The molecule has 2 N–H and O–H groups in total. The minimum Gasteiger partial charge on any atom is -0.481 e. The minimum absolute atomic E-state index is 0.0555. The smallest absolute Gasteiger partial charge is 0.421 e. The Bertz CT molecular complexity index is 435. The van der Waals surface area contributed by atoms with Crippen LogP contribution in [0.2, 0.25) is 0 Å². The van der Waals surface area contributed by atoms with Crippen molar-refractivity contribution in [1.82, 2.24) is 9.03 Å². The first-order valence-electron chi connectivity index (χ1n) is 6.05. The van der Waals surface area contributed by atoms with E-state index in [-0.39, 0.29) is 19.6 Å². The maximum atomic E-state index is 12.0. The predicted octanol–water partition coefficient (Wildman–Crippen LogP) is 0.306. The second kappa shape index (κ2) is 6.71. The average Bonchev–Trinajstić information content (AvgIpc) is 2.28. The molecule has 1 heterocycles. The van der Waals surface area contributed by atoms with E-state index < -0.39 is 28.3 Å². The van der Waals surface area contributed by atoms with E-state index in [0.717, 1.165) is 10.7 Å². The zero-order valence-corrected chi connectivity index (χ0v) is 11.5. The van der Waals surface area contributed by atoms with Crippen molar-refractivity contribution >= 4 is 22.3 Å². The third-order valence-electron chi connectivity index (χ3n) is 2.78. The molecule has 1 fully saturated rings. The number of aliphatic carboxylic acids is 1. The summed E-state index contributed by atoms with van der Waals surface area (Å²) in [7, 11) is -4.05. The first kappa shape index (κ1) is 15.7. The Morgan fingerprint density at radius 2 is 2.11 bits per heavy atom. The molecule has 1 saturated heterocycles. The van der Waals surface area contributed by atoms with Gasteiger partial charge in [0.15, 0.2) is 0 Å². The summed E-state index contributed by atoms with van der Waals surface area (Å²) in [6.45, 7) is 1.81. The number of amides is 1. The molecule has 19 heavy (non-hydrogen) atoms. The number of rotatable bonds is 5. The summed E-state index contributed by atoms with van der Waals surface area (Å²) >= 11 is 0. The van der Waals surface area contributed by atoms with E-state index >= 15 is 0 Å². The van der Waals surface area contributed by atoms with E-state index in [1.807, 2.05) is 0 Å². The van der Waals surface area contributed by atoms with E-state index in [9.17, 15) is 18.0 Å². The number of nitrogens with zero attached hydrogens (tertiary/aromatic N) is 1. The van der Waals surface area contributed by atoms with Crippen molar-refractivity contribution in [2.24, 2.45) is 0 Å². The number of carboxylic acid groups (broad SMARTS) is 1. The third-order valence-corrected chi connectivity index (χ3v) is 4.30. The fraction of sp³-hybridized carbons (Fsp3) is 0.800. The second-order valence-electron chi connectivity index (χ2n) is 4.19. The lowest BCUT2D eigenvalue weighted by Gasteiger charge is -2.33. The minimum atomic E-state index is -4.05. The van der Waals surface area contributed by atoms with Gasteiger partial charge in [-0.05, 0) is 19.8 Å². The first-order chi connectivity index (χ1) is 8.86. The molecule has 0 aromatic rings. The van der Waals surface area contributed by atoms with Crippen LogP contribution in [0, 0.1) is 0 Å². The molecule has 0 aromatic carbocycles. The topological polar surface area (TPSA) is 113 Å². The number of piperidine rings is 1. The summed E-state index contributed by atoms with van der Waals surface area (Å²) in [6, 6.07) is -0.627. The summed E-state index contributed by atoms with van der Waals surface area (Å²) < 4.78 is 31.3. The Labute approximate surface area is 111 Å². The van der Waals surface area contributed by atoms with E-state index in [4.69, 9.17) is 5.11 Å². The Balaban J connectivity index is 2.77. The van der Waals surface area contributed by atoms with Crippen LogP contribution in [-0.2, 0) is 19.7 Å². The SMILES string of the molecule is CCOC(=O)NS(=O)(=O)N1CCCCC1CC(=O)O. The summed E-state index contributed by atoms with van der Waals surface area (Å²) in [4.78, 5) is 21.9. The lowest BCUT2D eigenvalue weighted by Crippen LogP contribution is -2.51. The number of nitrogens with one attached hydrogen (secondary N) is 1. The van der Waals surface area contributed by atoms with Gasteiger partial charge in [-0.3, -0.25) is 4.79 Å². The summed E-state index contributed by atoms with van der Waals surface area (Å²) in [5, 5.41) is 8.78. The molecule has 0 saturated carbocycles. The van der Waals surface area contributed by atoms with Gasteiger partial charge in [0.2, 0.25) is 0 Å². The largest absolute Gasteiger partial charge is 0.481 e. The van der Waals surface area contributed by atoms with Crippen molar-refractivity contribution < 1.29 is 27.9 Å². The molecule has 1 aliphatic heterocycles. The van der Waals surface area contributed by atoms with Gasteiger partial charge in [0.05, 0.1) is 13.0 Å². The molecule has 0 radical (unpaired) electrons. The molecule has 9 heteroatoms. The molecule has 110 valence electrons. The Kier molecular flexibility index (Phi) is 5.55. The van der Waals surface area contributed by atoms with Crippen LogP contribution in [0.4, 0.5) is 4.79 Å². The number of carbonyl (C=O) groups excluding carboxylic acids is 1. The standard InChI is InChI=1S/C10H18N2O6S/c1-2-18-10(15)11-19(16,17)12-6-4-3-5-8(12)7-9(13)14/h8H,2-7H2,1H3,(H,11,15)(H,13,14). The van der Waals surface area contributed by atoms with Crippen molar-refractivity contribution in [2.75, 3.05) is 13.2 Å². The van der Waals surface area contributed by atoms with Crippen LogP contribution in [0.3, 0.4) is 0 Å². The molecule has 1 atom stereocenters. The van der Waals surface area contributed by atoms with Crippen LogP contribution < -0.4 is 4.72 Å².